The number of phenolic OH excluding ortho intramolecular Hbond substituents is 1. The molecule has 0 radical (unpaired) electrons. The van der Waals surface area contributed by atoms with Gasteiger partial charge in [0.1, 0.15) is 11.4 Å². The molecule has 4 aromatic rings. The van der Waals surface area contributed by atoms with E-state index in [-0.39, 0.29) is 26.9 Å². The van der Waals surface area contributed by atoms with E-state index in [0.29, 0.717) is 16.6 Å². The van der Waals surface area contributed by atoms with E-state index in [4.69, 9.17) is 23.2 Å². The molecule has 4 rings (SSSR count). The number of hydrogen-bond acceptors (Lipinski definition) is 3. The molecular weight excluding hydrogens is 499 g/mol. The number of aromatic nitrogens is 3. The van der Waals surface area contributed by atoms with Gasteiger partial charge in [-0.25, -0.2) is 4.52 Å². The minimum Gasteiger partial charge on any atom is -0.507 e. The zero-order valence-electron chi connectivity index (χ0n) is 15.8. The molecule has 2 aromatic heterocycles. The Morgan fingerprint density at radius 3 is 2.18 bits per heavy atom. The van der Waals surface area contributed by atoms with E-state index in [1.807, 2.05) is 0 Å². The number of nitrogens with zero attached hydrogens (tertiary/aromatic N) is 2. The lowest BCUT2D eigenvalue weighted by Crippen LogP contribution is -2.10. The summed E-state index contributed by atoms with van der Waals surface area (Å²) in [6.07, 6.45) is -9.75. The molecule has 2 aromatic carbocycles. The van der Waals surface area contributed by atoms with Crippen molar-refractivity contribution in [3.05, 3.63) is 74.1 Å². The van der Waals surface area contributed by atoms with Crippen molar-refractivity contribution in [3.8, 4) is 28.1 Å². The summed E-state index contributed by atoms with van der Waals surface area (Å²) in [6.45, 7) is 0. The maximum absolute atomic E-state index is 13.8. The van der Waals surface area contributed by atoms with Crippen LogP contribution in [0.2, 0.25) is 10.0 Å². The molecule has 0 aliphatic heterocycles. The zero-order valence-corrected chi connectivity index (χ0v) is 17.3. The summed E-state index contributed by atoms with van der Waals surface area (Å²) in [7, 11) is 0. The van der Waals surface area contributed by atoms with Gasteiger partial charge in [0.25, 0.3) is 5.56 Å². The van der Waals surface area contributed by atoms with Gasteiger partial charge in [0.15, 0.2) is 5.69 Å². The van der Waals surface area contributed by atoms with Crippen molar-refractivity contribution in [1.29, 1.82) is 0 Å². The number of fused-ring (bicyclic) bond motifs is 1. The van der Waals surface area contributed by atoms with Crippen LogP contribution in [-0.2, 0) is 12.4 Å². The predicted molar refractivity (Wildman–Crippen MR) is 108 cm³/mol. The van der Waals surface area contributed by atoms with Crippen LogP contribution in [0.15, 0.2) is 47.3 Å². The van der Waals surface area contributed by atoms with Crippen LogP contribution in [0, 0.1) is 0 Å². The molecule has 0 bridgehead atoms. The molecule has 2 N–H and O–H groups in total. The standard InChI is InChI=1S/C20H9Cl2F6N3O2/c21-11-4-1-8(5-12(11)22)16-17(20(26,27)28)30-31-13(7-15(33)29-18(16)31)10-3-2-9(6-14(10)32)19(23,24)25/h1-7,32H,(H,29,33). The average Bonchev–Trinajstić information content (AvgIpc) is 3.08. The first-order valence-electron chi connectivity index (χ1n) is 8.86. The van der Waals surface area contributed by atoms with Gasteiger partial charge in [-0.15, -0.1) is 0 Å². The smallest absolute Gasteiger partial charge is 0.435 e. The molecule has 33 heavy (non-hydrogen) atoms. The summed E-state index contributed by atoms with van der Waals surface area (Å²) in [5, 5.41) is 13.7. The fourth-order valence-electron chi connectivity index (χ4n) is 3.29. The molecule has 0 unspecified atom stereocenters. The summed E-state index contributed by atoms with van der Waals surface area (Å²) in [6, 6.07) is 6.30. The van der Waals surface area contributed by atoms with Crippen molar-refractivity contribution in [3.63, 3.8) is 0 Å². The third kappa shape index (κ3) is 4.13. The lowest BCUT2D eigenvalue weighted by molar-refractivity contribution is -0.141. The third-order valence-electron chi connectivity index (χ3n) is 4.70. The number of halogens is 8. The Morgan fingerprint density at radius 1 is 0.909 bits per heavy atom. The molecule has 0 amide bonds. The second-order valence-electron chi connectivity index (χ2n) is 6.86. The topological polar surface area (TPSA) is 70.4 Å². The molecule has 0 spiro atoms. The zero-order chi connectivity index (χ0) is 24.3. The Kier molecular flexibility index (Phi) is 5.37. The third-order valence-corrected chi connectivity index (χ3v) is 5.44. The van der Waals surface area contributed by atoms with Crippen LogP contribution in [-0.4, -0.2) is 19.7 Å². The second kappa shape index (κ2) is 7.70. The highest BCUT2D eigenvalue weighted by Gasteiger charge is 2.39. The molecule has 0 atom stereocenters. The van der Waals surface area contributed by atoms with Crippen molar-refractivity contribution in [2.75, 3.05) is 0 Å². The van der Waals surface area contributed by atoms with Gasteiger partial charge < -0.3 is 10.1 Å². The number of nitrogens with one attached hydrogen (secondary N) is 1. The number of H-pyrrole nitrogens is 1. The summed E-state index contributed by atoms with van der Waals surface area (Å²) in [5.74, 6) is -0.906. The van der Waals surface area contributed by atoms with Crippen LogP contribution in [0.3, 0.4) is 0 Å². The number of aromatic hydroxyl groups is 1. The van der Waals surface area contributed by atoms with Crippen molar-refractivity contribution in [2.24, 2.45) is 0 Å². The van der Waals surface area contributed by atoms with Crippen molar-refractivity contribution in [2.45, 2.75) is 12.4 Å². The number of hydrogen-bond donors (Lipinski definition) is 2. The summed E-state index contributed by atoms with van der Waals surface area (Å²) in [4.78, 5) is 14.5. The van der Waals surface area contributed by atoms with Crippen LogP contribution in [0.1, 0.15) is 11.3 Å². The first kappa shape index (κ1) is 23.0. The van der Waals surface area contributed by atoms with Gasteiger partial charge in [0.05, 0.1) is 26.9 Å². The number of phenols is 1. The van der Waals surface area contributed by atoms with E-state index in [2.05, 4.69) is 10.1 Å². The minimum absolute atomic E-state index is 0.0551. The van der Waals surface area contributed by atoms with Gasteiger partial charge in [-0.2, -0.15) is 31.4 Å². The Bertz CT molecular complexity index is 1460. The number of aromatic amines is 1. The number of benzene rings is 2. The maximum atomic E-state index is 13.8. The monoisotopic (exact) mass is 507 g/mol. The molecule has 0 saturated carbocycles. The van der Waals surface area contributed by atoms with Gasteiger partial charge in [0, 0.05) is 11.6 Å². The Hall–Kier alpha value is -3.18. The highest BCUT2D eigenvalue weighted by Crippen LogP contribution is 2.42. The SMILES string of the molecule is O=c1cc(-c2ccc(C(F)(F)F)cc2O)n2nc(C(F)(F)F)c(-c3ccc(Cl)c(Cl)c3)c2[nH]1. The molecule has 0 aliphatic carbocycles. The minimum atomic E-state index is -4.98. The highest BCUT2D eigenvalue weighted by molar-refractivity contribution is 6.42. The van der Waals surface area contributed by atoms with Crippen LogP contribution < -0.4 is 5.56 Å². The Morgan fingerprint density at radius 2 is 1.61 bits per heavy atom. The summed E-state index contributed by atoms with van der Waals surface area (Å²) >= 11 is 11.8. The molecule has 13 heteroatoms. The highest BCUT2D eigenvalue weighted by atomic mass is 35.5. The van der Waals surface area contributed by atoms with E-state index >= 15 is 0 Å². The van der Waals surface area contributed by atoms with Gasteiger partial charge in [-0.05, 0) is 35.9 Å². The first-order chi connectivity index (χ1) is 15.3. The summed E-state index contributed by atoms with van der Waals surface area (Å²) < 4.78 is 81.0. The molecule has 172 valence electrons. The lowest BCUT2D eigenvalue weighted by atomic mass is 10.0. The molecule has 2 heterocycles. The molecule has 0 aliphatic rings. The van der Waals surface area contributed by atoms with E-state index in [9.17, 15) is 36.2 Å². The first-order valence-corrected chi connectivity index (χ1v) is 9.62. The van der Waals surface area contributed by atoms with Gasteiger partial charge in [-0.3, -0.25) is 4.79 Å². The molecule has 5 nitrogen and oxygen atoms in total. The molecule has 0 fully saturated rings. The number of rotatable bonds is 2. The fraction of sp³-hybridized carbons (Fsp3) is 0.100. The predicted octanol–water partition coefficient (Wildman–Crippen LogP) is 6.41. The lowest BCUT2D eigenvalue weighted by Gasteiger charge is -2.11. The Labute approximate surface area is 189 Å². The van der Waals surface area contributed by atoms with Crippen molar-refractivity contribution < 1.29 is 31.4 Å². The fourth-order valence-corrected chi connectivity index (χ4v) is 3.58. The quantitative estimate of drug-likeness (QED) is 0.308. The van der Waals surface area contributed by atoms with E-state index in [1.165, 1.54) is 12.1 Å². The van der Waals surface area contributed by atoms with Crippen molar-refractivity contribution in [1.82, 2.24) is 14.6 Å². The van der Waals surface area contributed by atoms with Gasteiger partial charge in [0.2, 0.25) is 0 Å². The average molecular weight is 508 g/mol. The number of alkyl halides is 6. The molecular formula is C20H9Cl2F6N3O2. The van der Waals surface area contributed by atoms with Crippen LogP contribution >= 0.6 is 23.2 Å². The Balaban J connectivity index is 2.07. The molecule has 0 saturated heterocycles. The normalized spacial score (nSPS) is 12.5. The second-order valence-corrected chi connectivity index (χ2v) is 7.67. The van der Waals surface area contributed by atoms with Crippen LogP contribution in [0.25, 0.3) is 28.0 Å². The van der Waals surface area contributed by atoms with Crippen LogP contribution in [0.5, 0.6) is 5.75 Å². The van der Waals surface area contributed by atoms with Crippen LogP contribution in [0.4, 0.5) is 26.3 Å². The largest absolute Gasteiger partial charge is 0.507 e. The van der Waals surface area contributed by atoms with Crippen molar-refractivity contribution >= 4 is 28.8 Å². The van der Waals surface area contributed by atoms with E-state index < -0.39 is 46.1 Å². The van der Waals surface area contributed by atoms with E-state index in [0.717, 1.165) is 18.2 Å². The summed E-state index contributed by atoms with van der Waals surface area (Å²) in [5.41, 5.74) is -5.18. The van der Waals surface area contributed by atoms with Gasteiger partial charge in [-0.1, -0.05) is 29.3 Å². The van der Waals surface area contributed by atoms with Gasteiger partial charge >= 0.3 is 12.4 Å². The van der Waals surface area contributed by atoms with E-state index in [1.54, 1.807) is 0 Å². The maximum Gasteiger partial charge on any atom is 0.435 e.